The molecule has 5 nitrogen and oxygen atoms in total. The van der Waals surface area contributed by atoms with Gasteiger partial charge in [0.15, 0.2) is 0 Å². The number of likely N-dealkylation sites (tertiary alicyclic amines) is 1. The molecular formula is C17H26N2O3. The number of ether oxygens (including phenoxy) is 2. The first-order chi connectivity index (χ1) is 10.6. The van der Waals surface area contributed by atoms with Crippen LogP contribution >= 0.6 is 0 Å². The molecule has 0 aromatic heterocycles. The van der Waals surface area contributed by atoms with E-state index in [1.165, 1.54) is 12.8 Å². The van der Waals surface area contributed by atoms with Gasteiger partial charge in [-0.25, -0.2) is 4.79 Å². The van der Waals surface area contributed by atoms with Crippen LogP contribution in [0.4, 0.5) is 5.69 Å². The monoisotopic (exact) mass is 306 g/mol. The van der Waals surface area contributed by atoms with Crippen molar-refractivity contribution in [3.8, 4) is 5.75 Å². The summed E-state index contributed by atoms with van der Waals surface area (Å²) in [6, 6.07) is 5.06. The molecule has 1 aromatic carbocycles. The van der Waals surface area contributed by atoms with Crippen LogP contribution < -0.4 is 10.5 Å². The molecule has 1 fully saturated rings. The van der Waals surface area contributed by atoms with Crippen molar-refractivity contribution < 1.29 is 14.3 Å². The molecule has 0 aliphatic carbocycles. The first-order valence-corrected chi connectivity index (χ1v) is 7.98. The van der Waals surface area contributed by atoms with Gasteiger partial charge in [-0.1, -0.05) is 13.8 Å². The molecule has 1 saturated heterocycles. The summed E-state index contributed by atoms with van der Waals surface area (Å²) >= 11 is 0. The minimum atomic E-state index is -0.344. The summed E-state index contributed by atoms with van der Waals surface area (Å²) in [5.41, 5.74) is 6.90. The van der Waals surface area contributed by atoms with E-state index in [-0.39, 0.29) is 5.97 Å². The van der Waals surface area contributed by atoms with Crippen molar-refractivity contribution in [3.05, 3.63) is 23.8 Å². The maximum absolute atomic E-state index is 11.9. The van der Waals surface area contributed by atoms with Gasteiger partial charge in [0.05, 0.1) is 17.9 Å². The highest BCUT2D eigenvalue weighted by Crippen LogP contribution is 2.23. The number of carbonyl (C=O) groups is 1. The van der Waals surface area contributed by atoms with E-state index in [0.29, 0.717) is 36.1 Å². The van der Waals surface area contributed by atoms with E-state index < -0.39 is 0 Å². The van der Waals surface area contributed by atoms with Crippen LogP contribution in [0, 0.1) is 5.92 Å². The van der Waals surface area contributed by atoms with Crippen molar-refractivity contribution in [2.45, 2.75) is 26.7 Å². The molecule has 0 atom stereocenters. The summed E-state index contributed by atoms with van der Waals surface area (Å²) in [7, 11) is 0. The van der Waals surface area contributed by atoms with Gasteiger partial charge >= 0.3 is 5.97 Å². The number of rotatable bonds is 7. The van der Waals surface area contributed by atoms with E-state index in [4.69, 9.17) is 15.2 Å². The average Bonchev–Trinajstić information content (AvgIpc) is 2.99. The number of hydrogen-bond donors (Lipinski definition) is 1. The van der Waals surface area contributed by atoms with Crippen LogP contribution in [-0.4, -0.2) is 43.7 Å². The molecule has 0 amide bonds. The number of anilines is 1. The fourth-order valence-electron chi connectivity index (χ4n) is 2.42. The van der Waals surface area contributed by atoms with Crippen LogP contribution in [0.25, 0.3) is 0 Å². The first-order valence-electron chi connectivity index (χ1n) is 7.98. The molecule has 1 aliphatic heterocycles. The maximum Gasteiger partial charge on any atom is 0.338 e. The Labute approximate surface area is 132 Å². The third-order valence-corrected chi connectivity index (χ3v) is 3.66. The third-order valence-electron chi connectivity index (χ3n) is 3.66. The van der Waals surface area contributed by atoms with Crippen molar-refractivity contribution in [1.29, 1.82) is 0 Å². The second-order valence-electron chi connectivity index (χ2n) is 6.14. The molecule has 1 heterocycles. The standard InChI is InChI=1S/C17H26N2O3/c1-13(2)12-22-17(20)14-5-6-16(15(18)11-14)21-10-9-19-7-3-4-8-19/h5-6,11,13H,3-4,7-10,12,18H2,1-2H3. The molecule has 5 heteroatoms. The van der Waals surface area contributed by atoms with E-state index in [9.17, 15) is 4.79 Å². The Bertz CT molecular complexity index is 497. The first kappa shape index (κ1) is 16.6. The Balaban J connectivity index is 1.84. The Morgan fingerprint density at radius 3 is 2.68 bits per heavy atom. The summed E-state index contributed by atoms with van der Waals surface area (Å²) in [4.78, 5) is 14.3. The van der Waals surface area contributed by atoms with Crippen LogP contribution in [0.1, 0.15) is 37.0 Å². The second-order valence-corrected chi connectivity index (χ2v) is 6.14. The quantitative estimate of drug-likeness (QED) is 0.619. The Morgan fingerprint density at radius 2 is 2.05 bits per heavy atom. The molecule has 0 saturated carbocycles. The number of benzene rings is 1. The van der Waals surface area contributed by atoms with Gasteiger partial charge in [-0.15, -0.1) is 0 Å². The molecule has 0 radical (unpaired) electrons. The Morgan fingerprint density at radius 1 is 1.32 bits per heavy atom. The van der Waals surface area contributed by atoms with Crippen LogP contribution in [0.15, 0.2) is 18.2 Å². The minimum absolute atomic E-state index is 0.314. The normalized spacial score (nSPS) is 15.2. The van der Waals surface area contributed by atoms with E-state index in [0.717, 1.165) is 19.6 Å². The Hall–Kier alpha value is -1.75. The predicted molar refractivity (Wildman–Crippen MR) is 87.1 cm³/mol. The van der Waals surface area contributed by atoms with E-state index in [1.807, 2.05) is 13.8 Å². The smallest absolute Gasteiger partial charge is 0.338 e. The van der Waals surface area contributed by atoms with Crippen LogP contribution in [-0.2, 0) is 4.74 Å². The number of nitrogen functional groups attached to an aromatic ring is 1. The van der Waals surface area contributed by atoms with Gasteiger partial charge in [-0.3, -0.25) is 4.90 Å². The van der Waals surface area contributed by atoms with Gasteiger partial charge in [0.25, 0.3) is 0 Å². The Kier molecular flexibility index (Phi) is 6.07. The number of esters is 1. The van der Waals surface area contributed by atoms with E-state index in [2.05, 4.69) is 4.90 Å². The molecule has 2 N–H and O–H groups in total. The lowest BCUT2D eigenvalue weighted by molar-refractivity contribution is 0.0459. The number of nitrogens with zero attached hydrogens (tertiary/aromatic N) is 1. The van der Waals surface area contributed by atoms with E-state index in [1.54, 1.807) is 18.2 Å². The van der Waals surface area contributed by atoms with Crippen molar-refractivity contribution in [2.75, 3.05) is 38.6 Å². The molecular weight excluding hydrogens is 280 g/mol. The number of nitrogens with two attached hydrogens (primary N) is 1. The zero-order valence-corrected chi connectivity index (χ0v) is 13.5. The molecule has 122 valence electrons. The highest BCUT2D eigenvalue weighted by atomic mass is 16.5. The van der Waals surface area contributed by atoms with Crippen LogP contribution in [0.3, 0.4) is 0 Å². The SMILES string of the molecule is CC(C)COC(=O)c1ccc(OCCN2CCCC2)c(N)c1. The van der Waals surface area contributed by atoms with Gasteiger partial charge < -0.3 is 15.2 Å². The summed E-state index contributed by atoms with van der Waals surface area (Å²) in [5.74, 6) is 0.595. The number of hydrogen-bond acceptors (Lipinski definition) is 5. The fraction of sp³-hybridized carbons (Fsp3) is 0.588. The van der Waals surface area contributed by atoms with Crippen molar-refractivity contribution >= 4 is 11.7 Å². The summed E-state index contributed by atoms with van der Waals surface area (Å²) in [6.07, 6.45) is 2.55. The van der Waals surface area contributed by atoms with Gasteiger partial charge in [0, 0.05) is 6.54 Å². The lowest BCUT2D eigenvalue weighted by Gasteiger charge is -2.16. The van der Waals surface area contributed by atoms with Gasteiger partial charge in [0.1, 0.15) is 12.4 Å². The second kappa shape index (κ2) is 8.03. The largest absolute Gasteiger partial charge is 0.490 e. The van der Waals surface area contributed by atoms with E-state index >= 15 is 0 Å². The molecule has 1 aromatic rings. The maximum atomic E-state index is 11.9. The van der Waals surface area contributed by atoms with Gasteiger partial charge in [0.2, 0.25) is 0 Å². The molecule has 22 heavy (non-hydrogen) atoms. The highest BCUT2D eigenvalue weighted by molar-refractivity contribution is 5.91. The van der Waals surface area contributed by atoms with Gasteiger partial charge in [-0.05, 0) is 50.0 Å². The molecule has 0 unspecified atom stereocenters. The predicted octanol–water partition coefficient (Wildman–Crippen LogP) is 2.56. The zero-order valence-electron chi connectivity index (χ0n) is 13.5. The van der Waals surface area contributed by atoms with Crippen molar-refractivity contribution in [3.63, 3.8) is 0 Å². The summed E-state index contributed by atoms with van der Waals surface area (Å²) in [6.45, 7) is 8.24. The average molecular weight is 306 g/mol. The molecule has 1 aliphatic rings. The third kappa shape index (κ3) is 4.91. The molecule has 0 spiro atoms. The summed E-state index contributed by atoms with van der Waals surface area (Å²) < 4.78 is 10.9. The lowest BCUT2D eigenvalue weighted by Crippen LogP contribution is -2.25. The lowest BCUT2D eigenvalue weighted by atomic mass is 10.2. The van der Waals surface area contributed by atoms with Crippen LogP contribution in [0.2, 0.25) is 0 Å². The van der Waals surface area contributed by atoms with Crippen molar-refractivity contribution in [1.82, 2.24) is 4.90 Å². The van der Waals surface area contributed by atoms with Crippen molar-refractivity contribution in [2.24, 2.45) is 5.92 Å². The fourth-order valence-corrected chi connectivity index (χ4v) is 2.42. The minimum Gasteiger partial charge on any atom is -0.490 e. The van der Waals surface area contributed by atoms with Gasteiger partial charge in [-0.2, -0.15) is 0 Å². The highest BCUT2D eigenvalue weighted by Gasteiger charge is 2.13. The van der Waals surface area contributed by atoms with Crippen LogP contribution in [0.5, 0.6) is 5.75 Å². The number of carbonyl (C=O) groups excluding carboxylic acids is 1. The zero-order chi connectivity index (χ0) is 15.9. The molecule has 2 rings (SSSR count). The molecule has 0 bridgehead atoms. The topological polar surface area (TPSA) is 64.8 Å². The summed E-state index contributed by atoms with van der Waals surface area (Å²) in [5, 5.41) is 0.